The van der Waals surface area contributed by atoms with E-state index in [1.807, 2.05) is 0 Å². The van der Waals surface area contributed by atoms with Gasteiger partial charge in [0, 0.05) is 21.5 Å². The first kappa shape index (κ1) is 10.4. The first-order valence-corrected chi connectivity index (χ1v) is 6.28. The van der Waals surface area contributed by atoms with Crippen LogP contribution in [0.1, 0.15) is 11.1 Å². The summed E-state index contributed by atoms with van der Waals surface area (Å²) in [4.78, 5) is 0. The van der Waals surface area contributed by atoms with Crippen molar-refractivity contribution in [2.75, 3.05) is 0 Å². The Kier molecular flexibility index (Phi) is 2.21. The molecule has 4 aromatic rings. The van der Waals surface area contributed by atoms with Gasteiger partial charge in [0.2, 0.25) is 0 Å². The SMILES string of the molecule is c1cc2cocc2cc1Cc1ccc2cocc2c1. The number of fused-ring (bicyclic) bond motifs is 2. The molecule has 0 unspecified atom stereocenters. The third-order valence-corrected chi connectivity index (χ3v) is 3.49. The third kappa shape index (κ3) is 1.82. The summed E-state index contributed by atoms with van der Waals surface area (Å²) < 4.78 is 10.4. The van der Waals surface area contributed by atoms with E-state index in [1.54, 1.807) is 25.1 Å². The highest BCUT2D eigenvalue weighted by Gasteiger charge is 2.02. The van der Waals surface area contributed by atoms with Crippen molar-refractivity contribution in [3.63, 3.8) is 0 Å². The van der Waals surface area contributed by atoms with E-state index in [1.165, 1.54) is 11.1 Å². The molecular formula is C17H12O2. The summed E-state index contributed by atoms with van der Waals surface area (Å²) in [6.45, 7) is 0. The minimum Gasteiger partial charge on any atom is -0.471 e. The van der Waals surface area contributed by atoms with Crippen molar-refractivity contribution in [2.24, 2.45) is 0 Å². The van der Waals surface area contributed by atoms with E-state index in [9.17, 15) is 0 Å². The van der Waals surface area contributed by atoms with Crippen LogP contribution in [0.25, 0.3) is 21.5 Å². The Balaban J connectivity index is 1.72. The predicted molar refractivity (Wildman–Crippen MR) is 75.2 cm³/mol. The Hall–Kier alpha value is -2.48. The lowest BCUT2D eigenvalue weighted by molar-refractivity contribution is 0.572. The fourth-order valence-corrected chi connectivity index (χ4v) is 2.48. The molecule has 0 atom stereocenters. The third-order valence-electron chi connectivity index (χ3n) is 3.49. The Bertz CT molecular complexity index is 780. The maximum absolute atomic E-state index is 5.20. The molecule has 0 bridgehead atoms. The molecule has 2 heterocycles. The lowest BCUT2D eigenvalue weighted by Crippen LogP contribution is -1.87. The largest absolute Gasteiger partial charge is 0.471 e. The fourth-order valence-electron chi connectivity index (χ4n) is 2.48. The van der Waals surface area contributed by atoms with Gasteiger partial charge >= 0.3 is 0 Å². The molecule has 2 aromatic carbocycles. The van der Waals surface area contributed by atoms with Gasteiger partial charge in [0.25, 0.3) is 0 Å². The highest BCUT2D eigenvalue weighted by Crippen LogP contribution is 2.22. The van der Waals surface area contributed by atoms with Gasteiger partial charge in [-0.3, -0.25) is 0 Å². The molecule has 0 aliphatic carbocycles. The molecule has 0 saturated carbocycles. The van der Waals surface area contributed by atoms with Crippen LogP contribution in [0.2, 0.25) is 0 Å². The molecule has 0 amide bonds. The van der Waals surface area contributed by atoms with Crippen LogP contribution >= 0.6 is 0 Å². The lowest BCUT2D eigenvalue weighted by atomic mass is 10.0. The van der Waals surface area contributed by atoms with E-state index >= 15 is 0 Å². The highest BCUT2D eigenvalue weighted by molar-refractivity contribution is 5.83. The van der Waals surface area contributed by atoms with E-state index in [2.05, 4.69) is 36.4 Å². The summed E-state index contributed by atoms with van der Waals surface area (Å²) in [5, 5.41) is 4.60. The second-order valence-electron chi connectivity index (χ2n) is 4.85. The molecule has 0 N–H and O–H groups in total. The molecule has 0 aliphatic heterocycles. The molecule has 2 aromatic heterocycles. The standard InChI is InChI=1S/C17H12O2/c1-3-14-8-18-10-16(14)6-12(1)5-13-2-4-15-9-19-11-17(15)7-13/h1-4,6-11H,5H2. The lowest BCUT2D eigenvalue weighted by Gasteiger charge is -2.02. The van der Waals surface area contributed by atoms with Crippen LogP contribution in [0.15, 0.2) is 70.3 Å². The highest BCUT2D eigenvalue weighted by atomic mass is 16.3. The van der Waals surface area contributed by atoms with Crippen LogP contribution in [-0.4, -0.2) is 0 Å². The second kappa shape index (κ2) is 4.02. The second-order valence-corrected chi connectivity index (χ2v) is 4.85. The number of hydrogen-bond acceptors (Lipinski definition) is 2. The zero-order valence-electron chi connectivity index (χ0n) is 10.3. The zero-order valence-corrected chi connectivity index (χ0v) is 10.3. The van der Waals surface area contributed by atoms with Crippen LogP contribution in [0.5, 0.6) is 0 Å². The van der Waals surface area contributed by atoms with Crippen LogP contribution in [0.4, 0.5) is 0 Å². The number of furan rings is 2. The number of benzene rings is 2. The first-order valence-electron chi connectivity index (χ1n) is 6.28. The van der Waals surface area contributed by atoms with Crippen LogP contribution in [-0.2, 0) is 6.42 Å². The Morgan fingerprint density at radius 1 is 0.579 bits per heavy atom. The molecule has 4 rings (SSSR count). The maximum Gasteiger partial charge on any atom is 0.0981 e. The van der Waals surface area contributed by atoms with Crippen molar-refractivity contribution in [3.8, 4) is 0 Å². The maximum atomic E-state index is 5.20. The molecule has 0 radical (unpaired) electrons. The van der Waals surface area contributed by atoms with E-state index in [0.29, 0.717) is 0 Å². The Labute approximate surface area is 110 Å². The summed E-state index contributed by atoms with van der Waals surface area (Å²) in [5.41, 5.74) is 2.58. The average Bonchev–Trinajstić information content (AvgIpc) is 3.05. The average molecular weight is 248 g/mol. The molecule has 0 aliphatic rings. The zero-order chi connectivity index (χ0) is 12.7. The van der Waals surface area contributed by atoms with Crippen molar-refractivity contribution >= 4 is 21.5 Å². The van der Waals surface area contributed by atoms with Gasteiger partial charge in [-0.2, -0.15) is 0 Å². The smallest absolute Gasteiger partial charge is 0.0981 e. The topological polar surface area (TPSA) is 26.3 Å². The molecular weight excluding hydrogens is 236 g/mol. The minimum absolute atomic E-state index is 0.919. The monoisotopic (exact) mass is 248 g/mol. The molecule has 0 spiro atoms. The van der Waals surface area contributed by atoms with E-state index in [0.717, 1.165) is 28.0 Å². The van der Waals surface area contributed by atoms with Crippen LogP contribution in [0, 0.1) is 0 Å². The molecule has 0 saturated heterocycles. The van der Waals surface area contributed by atoms with Crippen molar-refractivity contribution in [3.05, 3.63) is 72.6 Å². The molecule has 92 valence electrons. The summed E-state index contributed by atoms with van der Waals surface area (Å²) >= 11 is 0. The predicted octanol–water partition coefficient (Wildman–Crippen LogP) is 4.77. The normalized spacial score (nSPS) is 11.4. The molecule has 0 fully saturated rings. The Morgan fingerprint density at radius 2 is 1.05 bits per heavy atom. The van der Waals surface area contributed by atoms with Gasteiger partial charge in [-0.25, -0.2) is 0 Å². The van der Waals surface area contributed by atoms with E-state index in [-0.39, 0.29) is 0 Å². The van der Waals surface area contributed by atoms with Crippen LogP contribution < -0.4 is 0 Å². The van der Waals surface area contributed by atoms with Gasteiger partial charge in [-0.05, 0) is 29.7 Å². The van der Waals surface area contributed by atoms with Gasteiger partial charge in [0.1, 0.15) is 0 Å². The van der Waals surface area contributed by atoms with E-state index in [4.69, 9.17) is 8.83 Å². The fraction of sp³-hybridized carbons (Fsp3) is 0.0588. The van der Waals surface area contributed by atoms with Crippen LogP contribution in [0.3, 0.4) is 0 Å². The summed E-state index contributed by atoms with van der Waals surface area (Å²) in [5.74, 6) is 0. The van der Waals surface area contributed by atoms with Crippen molar-refractivity contribution in [1.29, 1.82) is 0 Å². The summed E-state index contributed by atoms with van der Waals surface area (Å²) in [6.07, 6.45) is 8.05. The molecule has 2 heteroatoms. The first-order chi connectivity index (χ1) is 9.38. The minimum atomic E-state index is 0.919. The van der Waals surface area contributed by atoms with Gasteiger partial charge in [0.15, 0.2) is 0 Å². The molecule has 19 heavy (non-hydrogen) atoms. The van der Waals surface area contributed by atoms with Gasteiger partial charge in [0.05, 0.1) is 25.1 Å². The van der Waals surface area contributed by atoms with Gasteiger partial charge in [-0.15, -0.1) is 0 Å². The van der Waals surface area contributed by atoms with Crippen molar-refractivity contribution in [1.82, 2.24) is 0 Å². The molecule has 2 nitrogen and oxygen atoms in total. The summed E-state index contributed by atoms with van der Waals surface area (Å²) in [6, 6.07) is 12.9. The van der Waals surface area contributed by atoms with Crippen molar-refractivity contribution in [2.45, 2.75) is 6.42 Å². The van der Waals surface area contributed by atoms with Crippen molar-refractivity contribution < 1.29 is 8.83 Å². The van der Waals surface area contributed by atoms with E-state index < -0.39 is 0 Å². The summed E-state index contributed by atoms with van der Waals surface area (Å²) in [7, 11) is 0. The quantitative estimate of drug-likeness (QED) is 0.510. The van der Waals surface area contributed by atoms with Gasteiger partial charge < -0.3 is 8.83 Å². The Morgan fingerprint density at radius 3 is 1.58 bits per heavy atom. The van der Waals surface area contributed by atoms with Gasteiger partial charge in [-0.1, -0.05) is 24.3 Å². The number of rotatable bonds is 2. The number of hydrogen-bond donors (Lipinski definition) is 0.